The minimum absolute atomic E-state index is 0.238. The van der Waals surface area contributed by atoms with E-state index in [0.29, 0.717) is 0 Å². The highest BCUT2D eigenvalue weighted by Crippen LogP contribution is 2.39. The van der Waals surface area contributed by atoms with Crippen molar-refractivity contribution in [1.82, 2.24) is 4.98 Å². The zero-order valence-electron chi connectivity index (χ0n) is 11.6. The predicted octanol–water partition coefficient (Wildman–Crippen LogP) is 3.69. The van der Waals surface area contributed by atoms with Crippen LogP contribution in [-0.4, -0.2) is 24.2 Å². The number of nitrogens with zero attached hydrogens (tertiary/aromatic N) is 1. The van der Waals surface area contributed by atoms with Gasteiger partial charge in [-0.25, -0.2) is 9.78 Å². The van der Waals surface area contributed by atoms with Gasteiger partial charge in [-0.15, -0.1) is 0 Å². The third-order valence-corrected chi connectivity index (χ3v) is 2.29. The second-order valence-electron chi connectivity index (χ2n) is 4.38. The molecule has 0 saturated carbocycles. The molecule has 0 N–H and O–H groups in total. The van der Waals surface area contributed by atoms with Crippen LogP contribution in [0.5, 0.6) is 5.75 Å². The number of methoxy groups -OCH3 is 1. The lowest BCUT2D eigenvalue weighted by molar-refractivity contribution is -0.150. The smallest absolute Gasteiger partial charge is 0.434 e. The maximum absolute atomic E-state index is 12.9. The number of alkyl halides is 6. The maximum Gasteiger partial charge on any atom is 0.434 e. The van der Waals surface area contributed by atoms with E-state index in [2.05, 4.69) is 9.72 Å². The topological polar surface area (TPSA) is 48.4 Å². The standard InChI is InChI=1S/C12H11F6NO3/c1-5(2)22-6-4-7(11(13,14)15)19-9(12(16,17)18)8(6)10(20)21-3/h4-5H,1-3H3. The molecule has 22 heavy (non-hydrogen) atoms. The van der Waals surface area contributed by atoms with E-state index < -0.39 is 47.1 Å². The Balaban J connectivity index is 3.73. The van der Waals surface area contributed by atoms with Gasteiger partial charge in [0.25, 0.3) is 0 Å². The zero-order chi connectivity index (χ0) is 17.3. The summed E-state index contributed by atoms with van der Waals surface area (Å²) in [4.78, 5) is 14.0. The van der Waals surface area contributed by atoms with Crippen LogP contribution in [0.15, 0.2) is 6.07 Å². The fraction of sp³-hybridized carbons (Fsp3) is 0.500. The Morgan fingerprint density at radius 1 is 1.14 bits per heavy atom. The van der Waals surface area contributed by atoms with Gasteiger partial charge in [0.15, 0.2) is 5.69 Å². The molecule has 0 fully saturated rings. The summed E-state index contributed by atoms with van der Waals surface area (Å²) in [5, 5.41) is 0. The van der Waals surface area contributed by atoms with Crippen LogP contribution in [0.1, 0.15) is 35.6 Å². The van der Waals surface area contributed by atoms with Crippen molar-refractivity contribution in [3.63, 3.8) is 0 Å². The van der Waals surface area contributed by atoms with E-state index in [1.54, 1.807) is 0 Å². The van der Waals surface area contributed by atoms with E-state index in [4.69, 9.17) is 4.74 Å². The van der Waals surface area contributed by atoms with E-state index in [0.717, 1.165) is 7.11 Å². The Morgan fingerprint density at radius 3 is 2.05 bits per heavy atom. The molecule has 0 radical (unpaired) electrons. The van der Waals surface area contributed by atoms with E-state index in [1.807, 2.05) is 0 Å². The van der Waals surface area contributed by atoms with Crippen LogP contribution in [-0.2, 0) is 17.1 Å². The van der Waals surface area contributed by atoms with E-state index >= 15 is 0 Å². The summed E-state index contributed by atoms with van der Waals surface area (Å²) in [5.41, 5.74) is -5.02. The van der Waals surface area contributed by atoms with Gasteiger partial charge in [-0.1, -0.05) is 0 Å². The molecule has 1 aromatic heterocycles. The van der Waals surface area contributed by atoms with Crippen molar-refractivity contribution in [2.75, 3.05) is 7.11 Å². The molecule has 0 bridgehead atoms. The molecular formula is C12H11F6NO3. The second kappa shape index (κ2) is 6.01. The van der Waals surface area contributed by atoms with Crippen molar-refractivity contribution < 1.29 is 40.6 Å². The van der Waals surface area contributed by atoms with Gasteiger partial charge in [-0.3, -0.25) is 0 Å². The molecule has 124 valence electrons. The summed E-state index contributed by atoms with van der Waals surface area (Å²) in [6, 6.07) is 0.238. The molecule has 1 rings (SSSR count). The van der Waals surface area contributed by atoms with Crippen molar-refractivity contribution >= 4 is 5.97 Å². The molecule has 1 aromatic rings. The average Bonchev–Trinajstić information content (AvgIpc) is 2.34. The Hall–Kier alpha value is -2.00. The molecular weight excluding hydrogens is 320 g/mol. The lowest BCUT2D eigenvalue weighted by atomic mass is 10.1. The van der Waals surface area contributed by atoms with Crippen molar-refractivity contribution in [3.8, 4) is 5.75 Å². The number of hydrogen-bond acceptors (Lipinski definition) is 4. The molecule has 0 aromatic carbocycles. The molecule has 0 amide bonds. The van der Waals surface area contributed by atoms with Crippen molar-refractivity contribution in [2.24, 2.45) is 0 Å². The highest BCUT2D eigenvalue weighted by molar-refractivity contribution is 5.94. The van der Waals surface area contributed by atoms with Crippen LogP contribution in [0, 0.1) is 0 Å². The molecule has 0 spiro atoms. The van der Waals surface area contributed by atoms with Gasteiger partial charge in [-0.2, -0.15) is 26.3 Å². The van der Waals surface area contributed by atoms with Crippen LogP contribution < -0.4 is 4.74 Å². The summed E-state index contributed by atoms with van der Waals surface area (Å²) in [7, 11) is 0.791. The first-order valence-electron chi connectivity index (χ1n) is 5.82. The monoisotopic (exact) mass is 331 g/mol. The highest BCUT2D eigenvalue weighted by atomic mass is 19.4. The molecule has 1 heterocycles. The first-order valence-corrected chi connectivity index (χ1v) is 5.82. The Bertz CT molecular complexity index is 565. The number of halogens is 6. The van der Waals surface area contributed by atoms with Gasteiger partial charge in [-0.05, 0) is 13.8 Å². The summed E-state index contributed by atoms with van der Waals surface area (Å²) in [6.45, 7) is 2.75. The third-order valence-electron chi connectivity index (χ3n) is 2.29. The van der Waals surface area contributed by atoms with Gasteiger partial charge in [0.05, 0.1) is 13.2 Å². The van der Waals surface area contributed by atoms with E-state index in [9.17, 15) is 31.1 Å². The number of aromatic nitrogens is 1. The molecule has 0 aliphatic carbocycles. The maximum atomic E-state index is 12.9. The van der Waals surface area contributed by atoms with Gasteiger partial charge < -0.3 is 9.47 Å². The Kier molecular flexibility index (Phi) is 4.93. The van der Waals surface area contributed by atoms with Crippen molar-refractivity contribution in [2.45, 2.75) is 32.3 Å². The quantitative estimate of drug-likeness (QED) is 0.626. The normalized spacial score (nSPS) is 12.5. The first-order chi connectivity index (χ1) is 9.87. The number of pyridine rings is 1. The molecule has 4 nitrogen and oxygen atoms in total. The lowest BCUT2D eigenvalue weighted by Crippen LogP contribution is -2.22. The molecule has 0 atom stereocenters. The lowest BCUT2D eigenvalue weighted by Gasteiger charge is -2.19. The summed E-state index contributed by atoms with van der Waals surface area (Å²) < 4.78 is 86.0. The SMILES string of the molecule is COC(=O)c1c(OC(C)C)cc(C(F)(F)F)nc1C(F)(F)F. The van der Waals surface area contributed by atoms with Crippen molar-refractivity contribution in [1.29, 1.82) is 0 Å². The highest BCUT2D eigenvalue weighted by Gasteiger charge is 2.44. The predicted molar refractivity (Wildman–Crippen MR) is 61.3 cm³/mol. The number of rotatable bonds is 3. The van der Waals surface area contributed by atoms with Crippen LogP contribution in [0.25, 0.3) is 0 Å². The zero-order valence-corrected chi connectivity index (χ0v) is 11.6. The fourth-order valence-electron chi connectivity index (χ4n) is 1.52. The molecule has 0 aliphatic heterocycles. The van der Waals surface area contributed by atoms with Gasteiger partial charge in [0.2, 0.25) is 0 Å². The molecule has 0 aliphatic rings. The van der Waals surface area contributed by atoms with Crippen LogP contribution in [0.3, 0.4) is 0 Å². The summed E-state index contributed by atoms with van der Waals surface area (Å²) >= 11 is 0. The van der Waals surface area contributed by atoms with Crippen LogP contribution in [0.4, 0.5) is 26.3 Å². The number of ether oxygens (including phenoxy) is 2. The minimum Gasteiger partial charge on any atom is -0.490 e. The Morgan fingerprint density at radius 2 is 1.68 bits per heavy atom. The molecule has 0 unspecified atom stereocenters. The second-order valence-corrected chi connectivity index (χ2v) is 4.38. The number of carbonyl (C=O) groups is 1. The largest absolute Gasteiger partial charge is 0.490 e. The third kappa shape index (κ3) is 4.01. The van der Waals surface area contributed by atoms with Gasteiger partial charge in [0.1, 0.15) is 17.0 Å². The van der Waals surface area contributed by atoms with Crippen LogP contribution >= 0.6 is 0 Å². The van der Waals surface area contributed by atoms with Crippen molar-refractivity contribution in [3.05, 3.63) is 23.0 Å². The number of hydrogen-bond donors (Lipinski definition) is 0. The van der Waals surface area contributed by atoms with Crippen LogP contribution in [0.2, 0.25) is 0 Å². The summed E-state index contributed by atoms with van der Waals surface area (Å²) in [6.07, 6.45) is -11.2. The first kappa shape index (κ1) is 18.1. The average molecular weight is 331 g/mol. The van der Waals surface area contributed by atoms with E-state index in [1.165, 1.54) is 13.8 Å². The fourth-order valence-corrected chi connectivity index (χ4v) is 1.52. The number of carbonyl (C=O) groups excluding carboxylic acids is 1. The van der Waals surface area contributed by atoms with E-state index in [-0.39, 0.29) is 6.07 Å². The number of esters is 1. The van der Waals surface area contributed by atoms with Gasteiger partial charge >= 0.3 is 18.3 Å². The Labute approximate surface area is 121 Å². The molecule has 0 saturated heterocycles. The summed E-state index contributed by atoms with van der Waals surface area (Å²) in [5.74, 6) is -2.39. The van der Waals surface area contributed by atoms with Gasteiger partial charge in [0, 0.05) is 6.07 Å². The minimum atomic E-state index is -5.29. The molecule has 10 heteroatoms.